The Morgan fingerprint density at radius 3 is 2.36 bits per heavy atom. The summed E-state index contributed by atoms with van der Waals surface area (Å²) >= 11 is 2.22. The molecular formula is C10H19Li. The quantitative estimate of drug-likeness (QED) is 0.293. The zero-order chi connectivity index (χ0) is 8.36. The fourth-order valence-electron chi connectivity index (χ4n) is 1.09. The summed E-state index contributed by atoms with van der Waals surface area (Å²) in [6, 6.07) is 0. The summed E-state index contributed by atoms with van der Waals surface area (Å²) in [4.78, 5) is 0. The average molecular weight is 146 g/mol. The molecule has 0 aliphatic carbocycles. The minimum atomic E-state index is 1.26. The molecule has 0 aromatic carbocycles. The third kappa shape index (κ3) is 10.3. The summed E-state index contributed by atoms with van der Waals surface area (Å²) in [5.74, 6) is 0. The van der Waals surface area contributed by atoms with E-state index in [1.165, 1.54) is 43.6 Å². The first-order valence-corrected chi connectivity index (χ1v) is 5.06. The van der Waals surface area contributed by atoms with Crippen LogP contribution in [0, 0.1) is 0 Å². The summed E-state index contributed by atoms with van der Waals surface area (Å²) in [5, 5.41) is 1.28. The van der Waals surface area contributed by atoms with Gasteiger partial charge in [0.05, 0.1) is 0 Å². The second-order valence-electron chi connectivity index (χ2n) is 3.11. The Bertz CT molecular complexity index is 86.9. The van der Waals surface area contributed by atoms with Crippen molar-refractivity contribution in [3.8, 4) is 0 Å². The van der Waals surface area contributed by atoms with Crippen molar-refractivity contribution in [2.24, 2.45) is 0 Å². The number of rotatable bonds is 7. The van der Waals surface area contributed by atoms with Gasteiger partial charge in [0.2, 0.25) is 0 Å². The van der Waals surface area contributed by atoms with E-state index in [4.69, 9.17) is 0 Å². The van der Waals surface area contributed by atoms with Crippen LogP contribution in [0.2, 0.25) is 5.09 Å². The normalized spacial score (nSPS) is 11.2. The molecule has 11 heavy (non-hydrogen) atoms. The van der Waals surface area contributed by atoms with Gasteiger partial charge in [-0.1, -0.05) is 0 Å². The summed E-state index contributed by atoms with van der Waals surface area (Å²) in [7, 11) is 0. The van der Waals surface area contributed by atoms with E-state index >= 15 is 0 Å². The molecule has 0 radical (unpaired) electrons. The van der Waals surface area contributed by atoms with E-state index < -0.39 is 0 Å². The van der Waals surface area contributed by atoms with Crippen molar-refractivity contribution < 1.29 is 0 Å². The molecule has 0 rings (SSSR count). The molecule has 0 aliphatic heterocycles. The molecule has 0 bridgehead atoms. The number of allylic oxidation sites excluding steroid dienone is 2. The van der Waals surface area contributed by atoms with Crippen LogP contribution in [0.5, 0.6) is 0 Å². The molecule has 0 N–H and O–H groups in total. The topological polar surface area (TPSA) is 0 Å². The van der Waals surface area contributed by atoms with Crippen LogP contribution < -0.4 is 0 Å². The van der Waals surface area contributed by atoms with Gasteiger partial charge in [-0.2, -0.15) is 0 Å². The Hall–Kier alpha value is 0.337. The first-order chi connectivity index (χ1) is 5.41. The van der Waals surface area contributed by atoms with Gasteiger partial charge in [-0.05, 0) is 0 Å². The molecule has 0 heterocycles. The van der Waals surface area contributed by atoms with Crippen LogP contribution >= 0.6 is 0 Å². The maximum absolute atomic E-state index is 2.33. The van der Waals surface area contributed by atoms with Crippen molar-refractivity contribution in [3.63, 3.8) is 0 Å². The Kier molecular flexibility index (Phi) is 10.7. The predicted molar refractivity (Wildman–Crippen MR) is 53.1 cm³/mol. The molecule has 0 aromatic heterocycles. The molecule has 60 valence electrons. The van der Waals surface area contributed by atoms with Crippen molar-refractivity contribution >= 4 is 17.7 Å². The Balaban J connectivity index is 2.89. The zero-order valence-electron chi connectivity index (χ0n) is 8.10. The van der Waals surface area contributed by atoms with Crippen molar-refractivity contribution in [2.75, 3.05) is 0 Å². The maximum atomic E-state index is 2.33. The third-order valence-corrected chi connectivity index (χ3v) is 1.85. The second kappa shape index (κ2) is 10.3. The van der Waals surface area contributed by atoms with Crippen molar-refractivity contribution in [3.05, 3.63) is 12.2 Å². The zero-order valence-corrected chi connectivity index (χ0v) is 8.10. The molecule has 0 unspecified atom stereocenters. The molecule has 0 fully saturated rings. The van der Waals surface area contributed by atoms with E-state index in [0.29, 0.717) is 0 Å². The Morgan fingerprint density at radius 1 is 1.00 bits per heavy atom. The molecule has 0 spiro atoms. The van der Waals surface area contributed by atoms with E-state index in [2.05, 4.69) is 36.8 Å². The summed E-state index contributed by atoms with van der Waals surface area (Å²) in [6.45, 7) is 2.26. The molecule has 0 atom stereocenters. The first kappa shape index (κ1) is 11.3. The Morgan fingerprint density at radius 2 is 1.73 bits per heavy atom. The molecule has 0 saturated carbocycles. The van der Waals surface area contributed by atoms with Crippen LogP contribution in [0.3, 0.4) is 0 Å². The average Bonchev–Trinajstić information content (AvgIpc) is 2.03. The second-order valence-corrected chi connectivity index (χ2v) is 3.11. The number of hydrogen-bond donors (Lipinski definition) is 0. The molecule has 0 amide bonds. The summed E-state index contributed by atoms with van der Waals surface area (Å²) in [6.07, 6.45) is 12.7. The number of hydrogen-bond acceptors (Lipinski definition) is 0. The van der Waals surface area contributed by atoms with Gasteiger partial charge in [0.15, 0.2) is 0 Å². The summed E-state index contributed by atoms with van der Waals surface area (Å²) < 4.78 is 0. The van der Waals surface area contributed by atoms with E-state index in [9.17, 15) is 0 Å². The molecule has 0 nitrogen and oxygen atoms in total. The van der Waals surface area contributed by atoms with Gasteiger partial charge in [0, 0.05) is 0 Å². The number of unbranched alkanes of at least 4 members (excludes halogenated alkanes) is 4. The van der Waals surface area contributed by atoms with Crippen LogP contribution in [0.25, 0.3) is 0 Å². The van der Waals surface area contributed by atoms with E-state index in [1.807, 2.05) is 0 Å². The fraction of sp³-hybridized carbons (Fsp3) is 0.800. The minimum absolute atomic E-state index is 1.26. The van der Waals surface area contributed by atoms with Crippen molar-refractivity contribution in [1.29, 1.82) is 0 Å². The third-order valence-electron chi connectivity index (χ3n) is 1.85. The van der Waals surface area contributed by atoms with Gasteiger partial charge in [-0.15, -0.1) is 0 Å². The van der Waals surface area contributed by atoms with Gasteiger partial charge in [-0.25, -0.2) is 0 Å². The predicted octanol–water partition coefficient (Wildman–Crippen LogP) is 3.49. The van der Waals surface area contributed by atoms with Crippen molar-refractivity contribution in [1.82, 2.24) is 0 Å². The van der Waals surface area contributed by atoms with Crippen LogP contribution in [0.4, 0.5) is 0 Å². The van der Waals surface area contributed by atoms with Gasteiger partial charge in [0.25, 0.3) is 0 Å². The molecule has 1 heteroatoms. The SMILES string of the molecule is [Li][CH2]CC=CCCCCCC. The Labute approximate surface area is 80.7 Å². The standard InChI is InChI=1S/C10H19.Li/c1-3-5-7-9-10-8-6-4-2;/h5,7H,1,3-4,6,8-10H2,2H3;. The first-order valence-electron chi connectivity index (χ1n) is 5.06. The van der Waals surface area contributed by atoms with Crippen LogP contribution in [-0.4, -0.2) is 17.7 Å². The van der Waals surface area contributed by atoms with Crippen LogP contribution in [0.1, 0.15) is 45.4 Å². The molecule has 0 saturated heterocycles. The fourth-order valence-corrected chi connectivity index (χ4v) is 1.09. The molecule has 0 aromatic rings. The van der Waals surface area contributed by atoms with E-state index in [-0.39, 0.29) is 0 Å². The van der Waals surface area contributed by atoms with Crippen molar-refractivity contribution in [2.45, 2.75) is 50.5 Å². The van der Waals surface area contributed by atoms with Gasteiger partial charge >= 0.3 is 80.4 Å². The van der Waals surface area contributed by atoms with Gasteiger partial charge in [-0.3, -0.25) is 0 Å². The van der Waals surface area contributed by atoms with Gasteiger partial charge in [0.1, 0.15) is 0 Å². The van der Waals surface area contributed by atoms with Crippen LogP contribution in [-0.2, 0) is 0 Å². The molecule has 0 aliphatic rings. The van der Waals surface area contributed by atoms with Crippen LogP contribution in [0.15, 0.2) is 12.2 Å². The molecular weight excluding hydrogens is 127 g/mol. The van der Waals surface area contributed by atoms with Gasteiger partial charge < -0.3 is 0 Å². The van der Waals surface area contributed by atoms with E-state index in [1.54, 1.807) is 0 Å². The summed E-state index contributed by atoms with van der Waals surface area (Å²) in [5.41, 5.74) is 0. The monoisotopic (exact) mass is 146 g/mol. The van der Waals surface area contributed by atoms with E-state index in [0.717, 1.165) is 0 Å².